The second-order valence-electron chi connectivity index (χ2n) is 7.69. The van der Waals surface area contributed by atoms with Crippen LogP contribution in [0.4, 0.5) is 5.95 Å². The van der Waals surface area contributed by atoms with E-state index in [1.165, 1.54) is 11.1 Å². The maximum atomic E-state index is 5.54. The molecule has 2 aromatic heterocycles. The van der Waals surface area contributed by atoms with Crippen molar-refractivity contribution in [2.75, 3.05) is 31.2 Å². The summed E-state index contributed by atoms with van der Waals surface area (Å²) in [6.45, 7) is 5.20. The van der Waals surface area contributed by atoms with Crippen LogP contribution in [0.3, 0.4) is 0 Å². The number of anilines is 1. The number of benzene rings is 2. The van der Waals surface area contributed by atoms with Crippen molar-refractivity contribution in [1.29, 1.82) is 0 Å². The summed E-state index contributed by atoms with van der Waals surface area (Å²) in [5.41, 5.74) is 4.68. The fraction of sp³-hybridized carbons (Fsp3) is 0.292. The van der Waals surface area contributed by atoms with Gasteiger partial charge in [0.1, 0.15) is 0 Å². The van der Waals surface area contributed by atoms with Crippen molar-refractivity contribution in [3.63, 3.8) is 0 Å². The Balaban J connectivity index is 1.37. The molecule has 0 bridgehead atoms. The van der Waals surface area contributed by atoms with Gasteiger partial charge in [0.05, 0.1) is 29.6 Å². The van der Waals surface area contributed by atoms with Crippen molar-refractivity contribution >= 4 is 29.0 Å². The van der Waals surface area contributed by atoms with Crippen LogP contribution in [0.5, 0.6) is 0 Å². The van der Waals surface area contributed by atoms with Gasteiger partial charge in [-0.2, -0.15) is 0 Å². The Labute approximate surface area is 196 Å². The van der Waals surface area contributed by atoms with Crippen LogP contribution in [-0.2, 0) is 16.9 Å². The number of hydrogen-bond donors (Lipinski definition) is 0. The summed E-state index contributed by atoms with van der Waals surface area (Å²) in [5, 5.41) is 13.3. The van der Waals surface area contributed by atoms with E-state index in [1.54, 1.807) is 23.1 Å². The molecule has 1 aliphatic rings. The fourth-order valence-corrected chi connectivity index (χ4v) is 5.52. The summed E-state index contributed by atoms with van der Waals surface area (Å²) in [5.74, 6) is 1.64. The van der Waals surface area contributed by atoms with Crippen LogP contribution in [0, 0.1) is 6.92 Å². The van der Waals surface area contributed by atoms with Gasteiger partial charge in [0.2, 0.25) is 5.95 Å². The Morgan fingerprint density at radius 2 is 1.78 bits per heavy atom. The van der Waals surface area contributed by atoms with Gasteiger partial charge in [-0.3, -0.25) is 4.57 Å². The van der Waals surface area contributed by atoms with Crippen molar-refractivity contribution < 1.29 is 4.74 Å². The molecule has 2 aromatic carbocycles. The van der Waals surface area contributed by atoms with E-state index in [2.05, 4.69) is 80.5 Å². The number of para-hydroxylation sites is 1. The predicted octanol–water partition coefficient (Wildman–Crippen LogP) is 4.75. The van der Waals surface area contributed by atoms with Crippen molar-refractivity contribution in [2.45, 2.75) is 24.3 Å². The highest BCUT2D eigenvalue weighted by molar-refractivity contribution is 7.98. The quantitative estimate of drug-likeness (QED) is 0.369. The highest BCUT2D eigenvalue weighted by Gasteiger charge is 2.22. The van der Waals surface area contributed by atoms with Gasteiger partial charge >= 0.3 is 0 Å². The molecule has 0 radical (unpaired) electrons. The highest BCUT2D eigenvalue weighted by atomic mass is 32.2. The maximum absolute atomic E-state index is 5.54. The monoisotopic (exact) mass is 463 g/mol. The Hall–Kier alpha value is -2.68. The number of hydrogen-bond acceptors (Lipinski definition) is 7. The molecule has 3 heterocycles. The molecule has 0 atom stereocenters. The third-order valence-corrected chi connectivity index (χ3v) is 7.27. The number of aryl methyl sites for hydroxylation is 1. The van der Waals surface area contributed by atoms with Crippen LogP contribution in [0.1, 0.15) is 21.8 Å². The van der Waals surface area contributed by atoms with Crippen LogP contribution < -0.4 is 4.90 Å². The number of nitrogens with zero attached hydrogens (tertiary/aromatic N) is 5. The average molecular weight is 464 g/mol. The number of aromatic nitrogens is 4. The zero-order chi connectivity index (χ0) is 21.8. The highest BCUT2D eigenvalue weighted by Crippen LogP contribution is 2.31. The molecular formula is C24H25N5OS2. The summed E-state index contributed by atoms with van der Waals surface area (Å²) < 4.78 is 7.72. The molecule has 164 valence electrons. The van der Waals surface area contributed by atoms with E-state index >= 15 is 0 Å². The summed E-state index contributed by atoms with van der Waals surface area (Å²) in [6.07, 6.45) is 0.872. The minimum absolute atomic E-state index is 0.714. The lowest BCUT2D eigenvalue weighted by molar-refractivity contribution is 0.122. The predicted molar refractivity (Wildman–Crippen MR) is 130 cm³/mol. The van der Waals surface area contributed by atoms with Crippen molar-refractivity contribution in [2.24, 2.45) is 0 Å². The molecule has 0 spiro atoms. The minimum Gasteiger partial charge on any atom is -0.378 e. The summed E-state index contributed by atoms with van der Waals surface area (Å²) >= 11 is 3.40. The molecule has 1 aliphatic heterocycles. The molecule has 6 nitrogen and oxygen atoms in total. The van der Waals surface area contributed by atoms with Crippen molar-refractivity contribution in [1.82, 2.24) is 19.7 Å². The van der Waals surface area contributed by atoms with Gasteiger partial charge < -0.3 is 9.64 Å². The van der Waals surface area contributed by atoms with Crippen LogP contribution in [-0.4, -0.2) is 46.1 Å². The van der Waals surface area contributed by atoms with Gasteiger partial charge in [0.15, 0.2) is 5.16 Å². The summed E-state index contributed by atoms with van der Waals surface area (Å²) in [4.78, 5) is 7.11. The number of rotatable bonds is 7. The van der Waals surface area contributed by atoms with E-state index in [9.17, 15) is 0 Å². The fourth-order valence-electron chi connectivity index (χ4n) is 3.75. The lowest BCUT2D eigenvalue weighted by Gasteiger charge is -2.28. The number of morpholine rings is 1. The zero-order valence-corrected chi connectivity index (χ0v) is 19.6. The molecule has 5 rings (SSSR count). The SMILES string of the molecule is Cc1ccccc1-n1c(SCc2csc(Cc3ccccc3)n2)nnc1N1CCOCC1. The Morgan fingerprint density at radius 1 is 1.00 bits per heavy atom. The molecule has 0 aliphatic carbocycles. The molecule has 8 heteroatoms. The molecule has 0 N–H and O–H groups in total. The van der Waals surface area contributed by atoms with E-state index in [-0.39, 0.29) is 0 Å². The average Bonchev–Trinajstić information content (AvgIpc) is 3.46. The molecule has 1 saturated heterocycles. The topological polar surface area (TPSA) is 56.1 Å². The van der Waals surface area contributed by atoms with Crippen molar-refractivity contribution in [3.8, 4) is 5.69 Å². The van der Waals surface area contributed by atoms with Gasteiger partial charge in [-0.15, -0.1) is 21.5 Å². The Bertz CT molecular complexity index is 1170. The third-order valence-electron chi connectivity index (χ3n) is 5.41. The Kier molecular flexibility index (Phi) is 6.52. The van der Waals surface area contributed by atoms with Crippen LogP contribution >= 0.6 is 23.1 Å². The van der Waals surface area contributed by atoms with E-state index in [1.807, 2.05) is 6.07 Å². The van der Waals surface area contributed by atoms with Gasteiger partial charge in [0.25, 0.3) is 0 Å². The lowest BCUT2D eigenvalue weighted by Crippen LogP contribution is -2.38. The second kappa shape index (κ2) is 9.85. The van der Waals surface area contributed by atoms with E-state index < -0.39 is 0 Å². The molecule has 0 amide bonds. The first-order chi connectivity index (χ1) is 15.8. The van der Waals surface area contributed by atoms with Gasteiger partial charge in [-0.25, -0.2) is 4.98 Å². The molecule has 32 heavy (non-hydrogen) atoms. The van der Waals surface area contributed by atoms with E-state index in [0.29, 0.717) is 13.2 Å². The smallest absolute Gasteiger partial charge is 0.232 e. The second-order valence-corrected chi connectivity index (χ2v) is 9.57. The Morgan fingerprint density at radius 3 is 2.59 bits per heavy atom. The number of ether oxygens (including phenoxy) is 1. The maximum Gasteiger partial charge on any atom is 0.232 e. The molecule has 1 fully saturated rings. The molecule has 0 unspecified atom stereocenters. The van der Waals surface area contributed by atoms with Gasteiger partial charge in [-0.05, 0) is 24.1 Å². The number of thioether (sulfide) groups is 1. The lowest BCUT2D eigenvalue weighted by atomic mass is 10.2. The first-order valence-electron chi connectivity index (χ1n) is 10.7. The third kappa shape index (κ3) is 4.72. The normalized spacial score (nSPS) is 14.1. The molecule has 0 saturated carbocycles. The first kappa shape index (κ1) is 21.2. The van der Waals surface area contributed by atoms with Crippen LogP contribution in [0.25, 0.3) is 5.69 Å². The zero-order valence-electron chi connectivity index (χ0n) is 18.0. The summed E-state index contributed by atoms with van der Waals surface area (Å²) in [7, 11) is 0. The van der Waals surface area contributed by atoms with Gasteiger partial charge in [0, 0.05) is 30.6 Å². The minimum atomic E-state index is 0.714. The van der Waals surface area contributed by atoms with E-state index in [0.717, 1.165) is 52.8 Å². The molecule has 4 aromatic rings. The van der Waals surface area contributed by atoms with Crippen LogP contribution in [0.15, 0.2) is 65.1 Å². The standard InChI is InChI=1S/C24H25N5OS2/c1-18-7-5-6-10-21(18)29-23(28-11-13-30-14-12-28)26-27-24(29)32-17-20-16-31-22(25-20)15-19-8-3-2-4-9-19/h2-10,16H,11-15,17H2,1H3. The first-order valence-corrected chi connectivity index (χ1v) is 12.6. The van der Waals surface area contributed by atoms with Gasteiger partial charge in [-0.1, -0.05) is 60.3 Å². The van der Waals surface area contributed by atoms with E-state index in [4.69, 9.17) is 9.72 Å². The number of thiazole rings is 1. The van der Waals surface area contributed by atoms with Crippen molar-refractivity contribution in [3.05, 3.63) is 81.8 Å². The molecular weight excluding hydrogens is 438 g/mol. The largest absolute Gasteiger partial charge is 0.378 e. The summed E-state index contributed by atoms with van der Waals surface area (Å²) in [6, 6.07) is 18.9. The van der Waals surface area contributed by atoms with Crippen LogP contribution in [0.2, 0.25) is 0 Å².